The van der Waals surface area contributed by atoms with E-state index in [9.17, 15) is 4.79 Å². The smallest absolute Gasteiger partial charge is 0.253 e. The Kier molecular flexibility index (Phi) is 4.22. The number of benzene rings is 1. The van der Waals surface area contributed by atoms with Crippen molar-refractivity contribution in [3.63, 3.8) is 0 Å². The molecule has 1 fully saturated rings. The van der Waals surface area contributed by atoms with Crippen molar-refractivity contribution < 1.29 is 9.53 Å². The third-order valence-corrected chi connectivity index (χ3v) is 4.14. The molecule has 22 heavy (non-hydrogen) atoms. The molecule has 1 aliphatic heterocycles. The molecule has 6 heteroatoms. The summed E-state index contributed by atoms with van der Waals surface area (Å²) in [7, 11) is 1.64. The molecule has 1 amide bonds. The van der Waals surface area contributed by atoms with Crippen molar-refractivity contribution in [2.24, 2.45) is 5.73 Å². The van der Waals surface area contributed by atoms with Crippen LogP contribution in [0.15, 0.2) is 36.5 Å². The van der Waals surface area contributed by atoms with E-state index in [-0.39, 0.29) is 18.1 Å². The highest BCUT2D eigenvalue weighted by molar-refractivity contribution is 5.94. The molecule has 0 radical (unpaired) electrons. The van der Waals surface area contributed by atoms with E-state index in [0.29, 0.717) is 18.7 Å². The number of piperidine rings is 1. The molecule has 0 saturated carbocycles. The molecule has 0 aliphatic carbocycles. The van der Waals surface area contributed by atoms with E-state index < -0.39 is 0 Å². The van der Waals surface area contributed by atoms with Gasteiger partial charge in [0.2, 0.25) is 0 Å². The minimum Gasteiger partial charge on any atom is -0.378 e. The maximum Gasteiger partial charge on any atom is 0.253 e. The Bertz CT molecular complexity index is 624. The molecule has 0 unspecified atom stereocenters. The summed E-state index contributed by atoms with van der Waals surface area (Å²) in [4.78, 5) is 14.4. The Morgan fingerprint density at radius 2 is 2.14 bits per heavy atom. The van der Waals surface area contributed by atoms with E-state index >= 15 is 0 Å². The molecule has 0 bridgehead atoms. The second-order valence-corrected chi connectivity index (χ2v) is 5.53. The van der Waals surface area contributed by atoms with Gasteiger partial charge in [-0.2, -0.15) is 5.10 Å². The number of rotatable bonds is 3. The molecule has 3 rings (SSSR count). The van der Waals surface area contributed by atoms with Crippen LogP contribution in [0.3, 0.4) is 0 Å². The Morgan fingerprint density at radius 3 is 2.77 bits per heavy atom. The average Bonchev–Trinajstić information content (AvgIpc) is 3.09. The molecule has 0 spiro atoms. The van der Waals surface area contributed by atoms with E-state index in [1.54, 1.807) is 13.3 Å². The fourth-order valence-corrected chi connectivity index (χ4v) is 2.76. The summed E-state index contributed by atoms with van der Waals surface area (Å²) in [5, 5.41) is 6.84. The van der Waals surface area contributed by atoms with Crippen LogP contribution in [-0.2, 0) is 4.74 Å². The molecule has 1 saturated heterocycles. The van der Waals surface area contributed by atoms with Gasteiger partial charge in [-0.1, -0.05) is 12.1 Å². The van der Waals surface area contributed by atoms with Gasteiger partial charge in [-0.25, -0.2) is 0 Å². The van der Waals surface area contributed by atoms with Gasteiger partial charge >= 0.3 is 0 Å². The third-order valence-electron chi connectivity index (χ3n) is 4.14. The Labute approximate surface area is 129 Å². The summed E-state index contributed by atoms with van der Waals surface area (Å²) in [6.07, 6.45) is 2.37. The van der Waals surface area contributed by atoms with Crippen molar-refractivity contribution in [1.29, 1.82) is 0 Å². The quantitative estimate of drug-likeness (QED) is 0.894. The molecule has 2 aromatic rings. The first-order valence-corrected chi connectivity index (χ1v) is 7.36. The fraction of sp³-hybridized carbons (Fsp3) is 0.375. The van der Waals surface area contributed by atoms with Gasteiger partial charge in [0, 0.05) is 38.0 Å². The number of hydrogen-bond acceptors (Lipinski definition) is 4. The fourth-order valence-electron chi connectivity index (χ4n) is 2.76. The van der Waals surface area contributed by atoms with Crippen LogP contribution in [0, 0.1) is 0 Å². The molecule has 2 heterocycles. The molecule has 3 N–H and O–H groups in total. The second kappa shape index (κ2) is 6.29. The van der Waals surface area contributed by atoms with Crippen LogP contribution in [0.4, 0.5) is 0 Å². The van der Waals surface area contributed by atoms with E-state index in [4.69, 9.17) is 10.5 Å². The summed E-state index contributed by atoms with van der Waals surface area (Å²) >= 11 is 0. The number of hydrogen-bond donors (Lipinski definition) is 2. The third kappa shape index (κ3) is 2.88. The first-order valence-electron chi connectivity index (χ1n) is 7.36. The highest BCUT2D eigenvalue weighted by Crippen LogP contribution is 2.19. The Morgan fingerprint density at radius 1 is 1.36 bits per heavy atom. The lowest BCUT2D eigenvalue weighted by molar-refractivity contribution is 0.0162. The predicted molar refractivity (Wildman–Crippen MR) is 83.3 cm³/mol. The Balaban J connectivity index is 1.72. The molecular weight excluding hydrogens is 280 g/mol. The number of aromatic amines is 1. The zero-order valence-electron chi connectivity index (χ0n) is 12.5. The molecule has 6 nitrogen and oxygen atoms in total. The lowest BCUT2D eigenvalue weighted by atomic mass is 10.0. The number of nitrogens with zero attached hydrogens (tertiary/aromatic N) is 2. The Hall–Kier alpha value is -2.18. The first-order chi connectivity index (χ1) is 10.7. The van der Waals surface area contributed by atoms with Crippen LogP contribution in [0.2, 0.25) is 0 Å². The summed E-state index contributed by atoms with van der Waals surface area (Å²) < 4.78 is 5.36. The minimum absolute atomic E-state index is 0.00296. The first kappa shape index (κ1) is 14.7. The van der Waals surface area contributed by atoms with Crippen molar-refractivity contribution in [2.75, 3.05) is 20.2 Å². The zero-order valence-corrected chi connectivity index (χ0v) is 12.5. The highest BCUT2D eigenvalue weighted by atomic mass is 16.5. The number of likely N-dealkylation sites (tertiary alicyclic amines) is 1. The summed E-state index contributed by atoms with van der Waals surface area (Å²) in [5.41, 5.74) is 8.60. The number of H-pyrrole nitrogens is 1. The highest BCUT2D eigenvalue weighted by Gasteiger charge is 2.29. The lowest BCUT2D eigenvalue weighted by Gasteiger charge is -2.36. The van der Waals surface area contributed by atoms with E-state index in [0.717, 1.165) is 17.7 Å². The summed E-state index contributed by atoms with van der Waals surface area (Å²) in [6, 6.07) is 9.42. The predicted octanol–water partition coefficient (Wildman–Crippen LogP) is 1.26. The normalized spacial score (nSPS) is 21.8. The van der Waals surface area contributed by atoms with Gasteiger partial charge in [-0.3, -0.25) is 9.89 Å². The van der Waals surface area contributed by atoms with Crippen molar-refractivity contribution in [2.45, 2.75) is 18.6 Å². The number of ether oxygens (including phenoxy) is 1. The maximum atomic E-state index is 12.6. The monoisotopic (exact) mass is 300 g/mol. The lowest BCUT2D eigenvalue weighted by Crippen LogP contribution is -2.53. The number of carbonyl (C=O) groups is 1. The number of methoxy groups -OCH3 is 1. The van der Waals surface area contributed by atoms with Crippen LogP contribution in [0.1, 0.15) is 16.8 Å². The van der Waals surface area contributed by atoms with Crippen molar-refractivity contribution in [3.8, 4) is 11.3 Å². The largest absolute Gasteiger partial charge is 0.378 e. The van der Waals surface area contributed by atoms with Gasteiger partial charge in [0.1, 0.15) is 0 Å². The van der Waals surface area contributed by atoms with E-state index in [1.165, 1.54) is 0 Å². The second-order valence-electron chi connectivity index (χ2n) is 5.53. The van der Waals surface area contributed by atoms with Crippen molar-refractivity contribution >= 4 is 5.91 Å². The number of amides is 1. The number of nitrogens with two attached hydrogens (primary N) is 1. The van der Waals surface area contributed by atoms with Crippen LogP contribution < -0.4 is 5.73 Å². The number of nitrogens with one attached hydrogen (secondary N) is 1. The molecule has 1 aromatic carbocycles. The van der Waals surface area contributed by atoms with Gasteiger partial charge < -0.3 is 15.4 Å². The van der Waals surface area contributed by atoms with Gasteiger partial charge in [-0.15, -0.1) is 0 Å². The van der Waals surface area contributed by atoms with Crippen LogP contribution in [-0.4, -0.2) is 53.3 Å². The molecule has 2 atom stereocenters. The van der Waals surface area contributed by atoms with Gasteiger partial charge in [0.25, 0.3) is 5.91 Å². The number of aromatic nitrogens is 2. The van der Waals surface area contributed by atoms with Gasteiger partial charge in [0.05, 0.1) is 11.8 Å². The average molecular weight is 300 g/mol. The standard InChI is InChI=1S/C16H20N4O2/c1-22-15-10-20(9-7-13(15)17)16(21)12-4-2-11(3-5-12)14-6-8-18-19-14/h2-6,8,13,15H,7,9-10,17H2,1H3,(H,18,19)/t13-,15+/m0/s1. The summed E-state index contributed by atoms with van der Waals surface area (Å²) in [5.74, 6) is 0.0186. The SMILES string of the molecule is CO[C@@H]1CN(C(=O)c2ccc(-c3ccn[nH]3)cc2)CC[C@@H]1N. The molecule has 1 aliphatic rings. The van der Waals surface area contributed by atoms with Crippen LogP contribution >= 0.6 is 0 Å². The van der Waals surface area contributed by atoms with Crippen molar-refractivity contribution in [1.82, 2.24) is 15.1 Å². The topological polar surface area (TPSA) is 84.2 Å². The number of carbonyl (C=O) groups excluding carboxylic acids is 1. The molecule has 1 aromatic heterocycles. The molecular formula is C16H20N4O2. The van der Waals surface area contributed by atoms with Crippen LogP contribution in [0.25, 0.3) is 11.3 Å². The zero-order chi connectivity index (χ0) is 15.5. The van der Waals surface area contributed by atoms with Crippen LogP contribution in [0.5, 0.6) is 0 Å². The van der Waals surface area contributed by atoms with Gasteiger partial charge in [0.15, 0.2) is 0 Å². The van der Waals surface area contributed by atoms with E-state index in [1.807, 2.05) is 35.2 Å². The van der Waals surface area contributed by atoms with E-state index in [2.05, 4.69) is 10.2 Å². The van der Waals surface area contributed by atoms with Crippen molar-refractivity contribution in [3.05, 3.63) is 42.1 Å². The maximum absolute atomic E-state index is 12.6. The van der Waals surface area contributed by atoms with Gasteiger partial charge in [-0.05, 0) is 30.2 Å². The minimum atomic E-state index is -0.0954. The summed E-state index contributed by atoms with van der Waals surface area (Å²) in [6.45, 7) is 1.21. The molecule has 116 valence electrons.